The topological polar surface area (TPSA) is 85.5 Å². The molecule has 3 rings (SSSR count). The van der Waals surface area contributed by atoms with E-state index in [0.29, 0.717) is 18.1 Å². The van der Waals surface area contributed by atoms with Gasteiger partial charge in [0.2, 0.25) is 11.7 Å². The maximum absolute atomic E-state index is 12.2. The van der Waals surface area contributed by atoms with Crippen molar-refractivity contribution in [3.63, 3.8) is 0 Å². The number of aromatic nitrogens is 2. The predicted molar refractivity (Wildman–Crippen MR) is 96.6 cm³/mol. The van der Waals surface area contributed by atoms with Gasteiger partial charge in [-0.05, 0) is 24.3 Å². The van der Waals surface area contributed by atoms with Gasteiger partial charge in [-0.2, -0.15) is 4.98 Å². The van der Waals surface area contributed by atoms with E-state index in [1.165, 1.54) is 17.8 Å². The van der Waals surface area contributed by atoms with E-state index >= 15 is 0 Å². The number of esters is 1. The van der Waals surface area contributed by atoms with E-state index in [1.54, 1.807) is 4.90 Å². The van der Waals surface area contributed by atoms with Gasteiger partial charge in [-0.1, -0.05) is 30.5 Å². The normalized spacial score (nSPS) is 15.3. The molecule has 0 atom stereocenters. The molecule has 1 aliphatic heterocycles. The van der Waals surface area contributed by atoms with Crippen LogP contribution in [0.15, 0.2) is 22.0 Å². The van der Waals surface area contributed by atoms with Crippen molar-refractivity contribution in [2.24, 2.45) is 0 Å². The van der Waals surface area contributed by atoms with E-state index in [1.807, 2.05) is 17.5 Å². The molecule has 0 N–H and O–H groups in total. The summed E-state index contributed by atoms with van der Waals surface area (Å²) in [6, 6.07) is 3.82. The number of hydrogen-bond donors (Lipinski definition) is 0. The molecule has 26 heavy (non-hydrogen) atoms. The highest BCUT2D eigenvalue weighted by Crippen LogP contribution is 2.21. The number of nitrogens with zero attached hydrogens (tertiary/aromatic N) is 3. The minimum absolute atomic E-state index is 0.110. The summed E-state index contributed by atoms with van der Waals surface area (Å²) in [5.74, 6) is 0.371. The lowest BCUT2D eigenvalue weighted by atomic mass is 10.1. The SMILES string of the molecule is O=C(CCc1nc(-c2cccs2)no1)OCC(=O)N1CCCCCCC1. The Morgan fingerprint density at radius 1 is 1.19 bits per heavy atom. The van der Waals surface area contributed by atoms with Gasteiger partial charge >= 0.3 is 5.97 Å². The molecule has 8 heteroatoms. The lowest BCUT2D eigenvalue weighted by Crippen LogP contribution is -2.36. The highest BCUT2D eigenvalue weighted by atomic mass is 32.1. The van der Waals surface area contributed by atoms with Crippen molar-refractivity contribution in [2.75, 3.05) is 19.7 Å². The van der Waals surface area contributed by atoms with Crippen LogP contribution >= 0.6 is 11.3 Å². The summed E-state index contributed by atoms with van der Waals surface area (Å²) in [5, 5.41) is 5.84. The summed E-state index contributed by atoms with van der Waals surface area (Å²) >= 11 is 1.52. The van der Waals surface area contributed by atoms with E-state index in [9.17, 15) is 9.59 Å². The standard InChI is InChI=1S/C18H23N3O4S/c22-16(21-10-4-2-1-3-5-11-21)13-24-17(23)9-8-15-19-18(20-25-15)14-7-6-12-26-14/h6-7,12H,1-5,8-11,13H2. The van der Waals surface area contributed by atoms with E-state index in [2.05, 4.69) is 10.1 Å². The second kappa shape index (κ2) is 9.47. The van der Waals surface area contributed by atoms with Gasteiger partial charge in [-0.3, -0.25) is 9.59 Å². The third kappa shape index (κ3) is 5.39. The zero-order valence-corrected chi connectivity index (χ0v) is 15.5. The maximum atomic E-state index is 12.2. The second-order valence-corrected chi connectivity index (χ2v) is 7.25. The van der Waals surface area contributed by atoms with Crippen molar-refractivity contribution < 1.29 is 18.8 Å². The quantitative estimate of drug-likeness (QED) is 0.719. The number of rotatable bonds is 6. The zero-order chi connectivity index (χ0) is 18.2. The van der Waals surface area contributed by atoms with Gasteiger partial charge in [0.1, 0.15) is 0 Å². The number of aryl methyl sites for hydroxylation is 1. The van der Waals surface area contributed by atoms with Crippen molar-refractivity contribution in [2.45, 2.75) is 44.9 Å². The van der Waals surface area contributed by atoms with Crippen LogP contribution in [0.25, 0.3) is 10.7 Å². The monoisotopic (exact) mass is 377 g/mol. The molecule has 0 bridgehead atoms. The molecule has 0 unspecified atom stereocenters. The number of carbonyl (C=O) groups excluding carboxylic acids is 2. The largest absolute Gasteiger partial charge is 0.456 e. The maximum Gasteiger partial charge on any atom is 0.306 e. The first-order valence-corrected chi connectivity index (χ1v) is 9.90. The molecule has 1 fully saturated rings. The molecule has 1 amide bonds. The Balaban J connectivity index is 1.39. The van der Waals surface area contributed by atoms with Crippen molar-refractivity contribution in [1.29, 1.82) is 0 Å². The molecule has 2 aromatic heterocycles. The minimum atomic E-state index is -0.429. The molecular weight excluding hydrogens is 354 g/mol. The minimum Gasteiger partial charge on any atom is -0.456 e. The molecule has 1 saturated heterocycles. The lowest BCUT2D eigenvalue weighted by Gasteiger charge is -2.24. The Morgan fingerprint density at radius 3 is 2.69 bits per heavy atom. The van der Waals surface area contributed by atoms with Crippen molar-refractivity contribution in [1.82, 2.24) is 15.0 Å². The lowest BCUT2D eigenvalue weighted by molar-refractivity contribution is -0.152. The van der Waals surface area contributed by atoms with Crippen LogP contribution in [-0.4, -0.2) is 46.6 Å². The number of amides is 1. The van der Waals surface area contributed by atoms with Crippen LogP contribution in [0.1, 0.15) is 44.4 Å². The first-order valence-electron chi connectivity index (χ1n) is 9.02. The van der Waals surface area contributed by atoms with Gasteiger partial charge in [-0.25, -0.2) is 0 Å². The molecule has 7 nitrogen and oxygen atoms in total. The molecule has 0 radical (unpaired) electrons. The molecular formula is C18H23N3O4S. The summed E-state index contributed by atoms with van der Waals surface area (Å²) in [4.78, 5) is 31.1. The molecule has 3 heterocycles. The average molecular weight is 377 g/mol. The molecule has 1 aliphatic rings. The van der Waals surface area contributed by atoms with E-state index in [0.717, 1.165) is 43.6 Å². The van der Waals surface area contributed by atoms with Crippen molar-refractivity contribution in [3.8, 4) is 10.7 Å². The Bertz CT molecular complexity index is 706. The molecule has 140 valence electrons. The number of thiophene rings is 1. The van der Waals surface area contributed by atoms with Gasteiger partial charge in [0.25, 0.3) is 5.91 Å². The van der Waals surface area contributed by atoms with Crippen molar-refractivity contribution in [3.05, 3.63) is 23.4 Å². The van der Waals surface area contributed by atoms with Crippen LogP contribution in [0, 0.1) is 0 Å². The van der Waals surface area contributed by atoms with Crippen LogP contribution in [0.5, 0.6) is 0 Å². The Labute approximate surface area is 156 Å². The smallest absolute Gasteiger partial charge is 0.306 e. The fraction of sp³-hybridized carbons (Fsp3) is 0.556. The number of carbonyl (C=O) groups is 2. The van der Waals surface area contributed by atoms with Gasteiger partial charge in [0, 0.05) is 19.5 Å². The molecule has 2 aromatic rings. The first kappa shape index (κ1) is 18.6. The third-order valence-electron chi connectivity index (χ3n) is 4.32. The molecule has 0 spiro atoms. The number of hydrogen-bond acceptors (Lipinski definition) is 7. The highest BCUT2D eigenvalue weighted by Gasteiger charge is 2.17. The summed E-state index contributed by atoms with van der Waals surface area (Å²) in [6.45, 7) is 1.32. The van der Waals surface area contributed by atoms with Crippen LogP contribution in [0.3, 0.4) is 0 Å². The van der Waals surface area contributed by atoms with Crippen LogP contribution in [-0.2, 0) is 20.7 Å². The van der Waals surface area contributed by atoms with Crippen LogP contribution in [0.2, 0.25) is 0 Å². The number of ether oxygens (including phenoxy) is 1. The summed E-state index contributed by atoms with van der Waals surface area (Å²) in [6.07, 6.45) is 5.99. The molecule has 0 aromatic carbocycles. The molecule has 0 saturated carbocycles. The van der Waals surface area contributed by atoms with E-state index in [4.69, 9.17) is 9.26 Å². The average Bonchev–Trinajstić information content (AvgIpc) is 3.28. The summed E-state index contributed by atoms with van der Waals surface area (Å²) < 4.78 is 10.3. The van der Waals surface area contributed by atoms with Gasteiger partial charge in [0.05, 0.1) is 11.3 Å². The Hall–Kier alpha value is -2.22. The Morgan fingerprint density at radius 2 is 1.96 bits per heavy atom. The summed E-state index contributed by atoms with van der Waals surface area (Å²) in [5.41, 5.74) is 0. The first-order chi connectivity index (χ1) is 12.7. The summed E-state index contributed by atoms with van der Waals surface area (Å²) in [7, 11) is 0. The highest BCUT2D eigenvalue weighted by molar-refractivity contribution is 7.13. The van der Waals surface area contributed by atoms with Gasteiger partial charge in [0.15, 0.2) is 6.61 Å². The predicted octanol–water partition coefficient (Wildman–Crippen LogP) is 3.07. The van der Waals surface area contributed by atoms with Crippen LogP contribution < -0.4 is 0 Å². The van der Waals surface area contributed by atoms with Gasteiger partial charge < -0.3 is 14.2 Å². The second-order valence-electron chi connectivity index (χ2n) is 6.30. The van der Waals surface area contributed by atoms with Crippen LogP contribution in [0.4, 0.5) is 0 Å². The zero-order valence-electron chi connectivity index (χ0n) is 14.7. The fourth-order valence-corrected chi connectivity index (χ4v) is 3.52. The fourth-order valence-electron chi connectivity index (χ4n) is 2.87. The number of likely N-dealkylation sites (tertiary alicyclic amines) is 1. The van der Waals surface area contributed by atoms with Gasteiger partial charge in [-0.15, -0.1) is 11.3 Å². The Kier molecular flexibility index (Phi) is 6.76. The molecule has 0 aliphatic carbocycles. The van der Waals surface area contributed by atoms with Crippen molar-refractivity contribution >= 4 is 23.2 Å². The van der Waals surface area contributed by atoms with E-state index < -0.39 is 5.97 Å². The van der Waals surface area contributed by atoms with E-state index in [-0.39, 0.29) is 18.9 Å². The third-order valence-corrected chi connectivity index (χ3v) is 5.18.